The lowest BCUT2D eigenvalue weighted by molar-refractivity contribution is 1.62. The second kappa shape index (κ2) is 9.30. The maximum Gasteiger partial charge on any atom is 0.196 e. The Bertz CT molecular complexity index is 2110. The summed E-state index contributed by atoms with van der Waals surface area (Å²) in [5.41, 5.74) is 12.7. The molecule has 190 valence electrons. The topological polar surface area (TPSA) is 4.36 Å². The smallest absolute Gasteiger partial charge is 0.196 e. The van der Waals surface area contributed by atoms with Gasteiger partial charge < -0.3 is 0 Å². The molecule has 1 nitrogen and oxygen atoms in total. The van der Waals surface area contributed by atoms with Crippen LogP contribution in [0.2, 0.25) is 0 Å². The van der Waals surface area contributed by atoms with E-state index in [2.05, 4.69) is 142 Å². The van der Waals surface area contributed by atoms with E-state index in [1.54, 1.807) is 0 Å². The molecular formula is C39H22BrN. The maximum atomic E-state index is 7.87. The van der Waals surface area contributed by atoms with Gasteiger partial charge in [-0.1, -0.05) is 137 Å². The highest BCUT2D eigenvalue weighted by Gasteiger charge is 2.31. The molecule has 0 saturated heterocycles. The molecule has 0 N–H and O–H groups in total. The van der Waals surface area contributed by atoms with E-state index in [1.165, 1.54) is 66.1 Å². The molecule has 0 bridgehead atoms. The number of hydrogen-bond donors (Lipinski definition) is 0. The number of benzene rings is 7. The second-order valence-corrected chi connectivity index (χ2v) is 11.4. The molecule has 0 radical (unpaired) electrons. The second-order valence-electron chi connectivity index (χ2n) is 10.4. The van der Waals surface area contributed by atoms with Crippen molar-refractivity contribution in [2.45, 2.75) is 0 Å². The molecule has 0 heterocycles. The van der Waals surface area contributed by atoms with Crippen LogP contribution in [0.25, 0.3) is 82.0 Å². The van der Waals surface area contributed by atoms with Gasteiger partial charge in [-0.25, -0.2) is 4.85 Å². The molecule has 0 amide bonds. The van der Waals surface area contributed by atoms with Crippen LogP contribution >= 0.6 is 15.9 Å². The van der Waals surface area contributed by atoms with Crippen molar-refractivity contribution >= 4 is 43.2 Å². The molecule has 1 aliphatic carbocycles. The van der Waals surface area contributed by atoms with Crippen molar-refractivity contribution in [2.24, 2.45) is 0 Å². The van der Waals surface area contributed by atoms with Gasteiger partial charge in [-0.3, -0.25) is 0 Å². The molecule has 0 fully saturated rings. The normalized spacial score (nSPS) is 11.5. The van der Waals surface area contributed by atoms with E-state index in [0.29, 0.717) is 5.69 Å². The largest absolute Gasteiger partial charge is 0.237 e. The van der Waals surface area contributed by atoms with Crippen molar-refractivity contribution in [1.29, 1.82) is 0 Å². The highest BCUT2D eigenvalue weighted by atomic mass is 79.9. The summed E-state index contributed by atoms with van der Waals surface area (Å²) in [6, 6.07) is 47.5. The summed E-state index contributed by atoms with van der Waals surface area (Å²) in [7, 11) is 0. The van der Waals surface area contributed by atoms with Crippen LogP contribution in [0.3, 0.4) is 0 Å². The molecule has 0 aliphatic heterocycles. The summed E-state index contributed by atoms with van der Waals surface area (Å²) >= 11 is 3.55. The lowest BCUT2D eigenvalue weighted by Gasteiger charge is -2.20. The van der Waals surface area contributed by atoms with E-state index in [1.807, 2.05) is 12.1 Å². The fourth-order valence-electron chi connectivity index (χ4n) is 6.67. The van der Waals surface area contributed by atoms with Crippen LogP contribution in [0, 0.1) is 6.57 Å². The van der Waals surface area contributed by atoms with Gasteiger partial charge >= 0.3 is 0 Å². The molecule has 8 rings (SSSR count). The van der Waals surface area contributed by atoms with Crippen LogP contribution in [0.15, 0.2) is 138 Å². The third-order valence-corrected chi connectivity index (χ3v) is 8.78. The summed E-state index contributed by atoms with van der Waals surface area (Å²) in [6.45, 7) is 7.87. The monoisotopic (exact) mass is 583 g/mol. The van der Waals surface area contributed by atoms with E-state index in [-0.39, 0.29) is 0 Å². The molecule has 0 aromatic heterocycles. The van der Waals surface area contributed by atoms with Crippen molar-refractivity contribution in [3.8, 4) is 55.6 Å². The maximum absolute atomic E-state index is 7.87. The summed E-state index contributed by atoms with van der Waals surface area (Å²) < 4.78 is 0.914. The Kier molecular flexibility index (Phi) is 5.42. The number of fused-ring (bicyclic) bond motifs is 4. The molecule has 0 saturated carbocycles. The number of rotatable bonds is 3. The van der Waals surface area contributed by atoms with Gasteiger partial charge in [0, 0.05) is 4.47 Å². The van der Waals surface area contributed by atoms with Gasteiger partial charge in [-0.15, -0.1) is 0 Å². The van der Waals surface area contributed by atoms with Gasteiger partial charge in [-0.05, 0) is 89.3 Å². The molecular weight excluding hydrogens is 562 g/mol. The molecule has 7 aromatic carbocycles. The van der Waals surface area contributed by atoms with Gasteiger partial charge in [0.25, 0.3) is 0 Å². The molecule has 7 aromatic rings. The Morgan fingerprint density at radius 3 is 1.56 bits per heavy atom. The Morgan fingerprint density at radius 1 is 0.439 bits per heavy atom. The van der Waals surface area contributed by atoms with Gasteiger partial charge in [0.05, 0.1) is 6.57 Å². The Morgan fingerprint density at radius 2 is 0.951 bits per heavy atom. The predicted octanol–water partition coefficient (Wildman–Crippen LogP) is 12.0. The van der Waals surface area contributed by atoms with Crippen molar-refractivity contribution in [3.63, 3.8) is 0 Å². The standard InChI is InChI=1S/C39H22BrN/c1-41-34-23-26(40)19-20-28(34)27-21-22-33-37-29(27)17-10-18-32(37)38-35(24-11-4-2-5-12-24)30-15-8-9-16-31(30)36(39(33)38)25-13-6-3-7-14-25/h2-23H. The molecule has 2 heteroatoms. The first kappa shape index (κ1) is 23.9. The zero-order chi connectivity index (χ0) is 27.5. The molecule has 0 atom stereocenters. The van der Waals surface area contributed by atoms with Crippen molar-refractivity contribution < 1.29 is 0 Å². The average Bonchev–Trinajstić information content (AvgIpc) is 3.36. The number of hydrogen-bond acceptors (Lipinski definition) is 0. The van der Waals surface area contributed by atoms with E-state index >= 15 is 0 Å². The molecule has 41 heavy (non-hydrogen) atoms. The Labute approximate surface area is 247 Å². The highest BCUT2D eigenvalue weighted by Crippen LogP contribution is 2.58. The van der Waals surface area contributed by atoms with E-state index in [4.69, 9.17) is 6.57 Å². The van der Waals surface area contributed by atoms with Crippen LogP contribution in [-0.2, 0) is 0 Å². The Balaban J connectivity index is 1.56. The number of halogens is 1. The lowest BCUT2D eigenvalue weighted by atomic mass is 9.82. The first-order chi connectivity index (χ1) is 20.2. The zero-order valence-electron chi connectivity index (χ0n) is 22.0. The lowest BCUT2D eigenvalue weighted by Crippen LogP contribution is -1.93. The molecule has 1 aliphatic rings. The summed E-state index contributed by atoms with van der Waals surface area (Å²) in [4.78, 5) is 3.88. The predicted molar refractivity (Wildman–Crippen MR) is 176 cm³/mol. The van der Waals surface area contributed by atoms with Crippen LogP contribution < -0.4 is 0 Å². The van der Waals surface area contributed by atoms with Gasteiger partial charge in [0.1, 0.15) is 0 Å². The van der Waals surface area contributed by atoms with Crippen LogP contribution in [0.5, 0.6) is 0 Å². The third-order valence-electron chi connectivity index (χ3n) is 8.29. The van der Waals surface area contributed by atoms with Crippen molar-refractivity contribution in [2.75, 3.05) is 0 Å². The fraction of sp³-hybridized carbons (Fsp3) is 0. The Hall–Kier alpha value is -4.97. The zero-order valence-corrected chi connectivity index (χ0v) is 23.6. The minimum atomic E-state index is 0.649. The van der Waals surface area contributed by atoms with Gasteiger partial charge in [0.2, 0.25) is 0 Å². The van der Waals surface area contributed by atoms with Crippen LogP contribution in [0.1, 0.15) is 0 Å². The third kappa shape index (κ3) is 3.53. The van der Waals surface area contributed by atoms with E-state index in [0.717, 1.165) is 15.6 Å². The van der Waals surface area contributed by atoms with Crippen molar-refractivity contribution in [3.05, 3.63) is 149 Å². The molecule has 0 spiro atoms. The molecule has 0 unspecified atom stereocenters. The first-order valence-corrected chi connectivity index (χ1v) is 14.5. The minimum Gasteiger partial charge on any atom is -0.237 e. The summed E-state index contributed by atoms with van der Waals surface area (Å²) in [5, 5.41) is 4.93. The fourth-order valence-corrected chi connectivity index (χ4v) is 7.02. The van der Waals surface area contributed by atoms with Crippen LogP contribution in [-0.4, -0.2) is 0 Å². The minimum absolute atomic E-state index is 0.649. The van der Waals surface area contributed by atoms with Gasteiger partial charge in [-0.2, -0.15) is 0 Å². The average molecular weight is 585 g/mol. The SMILES string of the molecule is [C-]#[N+]c1cc(Br)ccc1-c1ccc2c3c(cccc13)-c1c-2c(-c2ccccc2)c2ccccc2c1-c1ccccc1. The number of nitrogens with zero attached hydrogens (tertiary/aromatic N) is 1. The first-order valence-electron chi connectivity index (χ1n) is 13.7. The summed E-state index contributed by atoms with van der Waals surface area (Å²) in [6.07, 6.45) is 0. The summed E-state index contributed by atoms with van der Waals surface area (Å²) in [5.74, 6) is 0. The van der Waals surface area contributed by atoms with E-state index in [9.17, 15) is 0 Å². The van der Waals surface area contributed by atoms with E-state index < -0.39 is 0 Å². The van der Waals surface area contributed by atoms with Gasteiger partial charge in [0.15, 0.2) is 5.69 Å². The van der Waals surface area contributed by atoms with Crippen LogP contribution in [0.4, 0.5) is 5.69 Å². The highest BCUT2D eigenvalue weighted by molar-refractivity contribution is 9.10. The quantitative estimate of drug-likeness (QED) is 0.182. The van der Waals surface area contributed by atoms with Crippen molar-refractivity contribution in [1.82, 2.24) is 0 Å².